The Labute approximate surface area is 175 Å². The van der Waals surface area contributed by atoms with Gasteiger partial charge in [-0.15, -0.1) is 0 Å². The second-order valence-corrected chi connectivity index (χ2v) is 8.07. The van der Waals surface area contributed by atoms with Gasteiger partial charge in [-0.05, 0) is 65.7 Å². The van der Waals surface area contributed by atoms with Gasteiger partial charge in [0.1, 0.15) is 5.75 Å². The number of carbonyl (C=O) groups excluding carboxylic acids is 1. The highest BCUT2D eigenvalue weighted by atomic mass is 32.2. The molecule has 1 aromatic heterocycles. The lowest BCUT2D eigenvalue weighted by Gasteiger charge is -2.09. The number of sulfonamides is 1. The summed E-state index contributed by atoms with van der Waals surface area (Å²) in [5, 5.41) is 2.69. The molecule has 30 heavy (non-hydrogen) atoms. The first-order chi connectivity index (χ1) is 14.5. The Bertz CT molecular complexity index is 1110. The van der Waals surface area contributed by atoms with Crippen molar-refractivity contribution >= 4 is 27.7 Å². The minimum absolute atomic E-state index is 0.112. The van der Waals surface area contributed by atoms with Crippen LogP contribution in [0.4, 0.5) is 5.69 Å². The van der Waals surface area contributed by atoms with E-state index in [2.05, 4.69) is 15.0 Å². The van der Waals surface area contributed by atoms with E-state index in [0.717, 1.165) is 11.1 Å². The number of benzene rings is 2. The van der Waals surface area contributed by atoms with Crippen molar-refractivity contribution in [3.63, 3.8) is 0 Å². The van der Waals surface area contributed by atoms with E-state index in [1.165, 1.54) is 18.2 Å². The fourth-order valence-corrected chi connectivity index (χ4v) is 3.57. The van der Waals surface area contributed by atoms with Crippen LogP contribution < -0.4 is 14.8 Å². The smallest absolute Gasteiger partial charge is 0.248 e. The topological polar surface area (TPSA) is 97.4 Å². The van der Waals surface area contributed by atoms with Crippen molar-refractivity contribution in [2.45, 2.75) is 11.4 Å². The first-order valence-corrected chi connectivity index (χ1v) is 10.6. The second kappa shape index (κ2) is 9.82. The summed E-state index contributed by atoms with van der Waals surface area (Å²) < 4.78 is 32.6. The summed E-state index contributed by atoms with van der Waals surface area (Å²) >= 11 is 0. The van der Waals surface area contributed by atoms with Gasteiger partial charge in [-0.2, -0.15) is 0 Å². The summed E-state index contributed by atoms with van der Waals surface area (Å²) in [4.78, 5) is 16.0. The van der Waals surface area contributed by atoms with Gasteiger partial charge in [-0.1, -0.05) is 12.1 Å². The van der Waals surface area contributed by atoms with Gasteiger partial charge >= 0.3 is 0 Å². The number of nitrogens with zero attached hydrogens (tertiary/aromatic N) is 1. The third-order valence-electron chi connectivity index (χ3n) is 4.19. The second-order valence-electron chi connectivity index (χ2n) is 6.30. The third kappa shape index (κ3) is 6.00. The molecule has 1 amide bonds. The molecule has 8 heteroatoms. The van der Waals surface area contributed by atoms with Crippen LogP contribution in [0.1, 0.15) is 11.1 Å². The van der Waals surface area contributed by atoms with Crippen molar-refractivity contribution in [1.29, 1.82) is 0 Å². The Kier molecular flexibility index (Phi) is 6.95. The maximum Gasteiger partial charge on any atom is 0.248 e. The van der Waals surface area contributed by atoms with Crippen molar-refractivity contribution in [3.05, 3.63) is 90.3 Å². The molecule has 0 atom stereocenters. The van der Waals surface area contributed by atoms with Crippen LogP contribution >= 0.6 is 0 Å². The van der Waals surface area contributed by atoms with Crippen molar-refractivity contribution < 1.29 is 17.9 Å². The van der Waals surface area contributed by atoms with Crippen LogP contribution in [0, 0.1) is 0 Å². The van der Waals surface area contributed by atoms with Gasteiger partial charge in [0.25, 0.3) is 0 Å². The van der Waals surface area contributed by atoms with E-state index in [1.807, 2.05) is 0 Å². The van der Waals surface area contributed by atoms with Gasteiger partial charge in [-0.3, -0.25) is 9.78 Å². The molecule has 0 saturated carbocycles. The molecule has 0 aliphatic rings. The van der Waals surface area contributed by atoms with E-state index in [1.54, 1.807) is 74.1 Å². The van der Waals surface area contributed by atoms with E-state index in [-0.39, 0.29) is 17.3 Å². The average molecular weight is 423 g/mol. The Hall–Kier alpha value is -3.49. The summed E-state index contributed by atoms with van der Waals surface area (Å²) in [6.07, 6.45) is 6.34. The van der Waals surface area contributed by atoms with E-state index in [9.17, 15) is 13.2 Å². The van der Waals surface area contributed by atoms with E-state index < -0.39 is 10.0 Å². The Morgan fingerprint density at radius 2 is 1.67 bits per heavy atom. The van der Waals surface area contributed by atoms with Crippen LogP contribution in [-0.4, -0.2) is 26.4 Å². The molecule has 0 unspecified atom stereocenters. The van der Waals surface area contributed by atoms with Crippen LogP contribution in [0.3, 0.4) is 0 Å². The van der Waals surface area contributed by atoms with Crippen LogP contribution in [-0.2, 0) is 21.4 Å². The summed E-state index contributed by atoms with van der Waals surface area (Å²) in [6.45, 7) is 0.157. The van der Waals surface area contributed by atoms with Gasteiger partial charge < -0.3 is 10.1 Å². The molecule has 0 saturated heterocycles. The molecule has 0 radical (unpaired) electrons. The molecular formula is C22H21N3O4S. The fourth-order valence-electron chi connectivity index (χ4n) is 2.55. The summed E-state index contributed by atoms with van der Waals surface area (Å²) in [5.74, 6) is 0.384. The Morgan fingerprint density at radius 1 is 1.00 bits per heavy atom. The number of amides is 1. The number of pyridine rings is 1. The Morgan fingerprint density at radius 3 is 2.30 bits per heavy atom. The highest BCUT2D eigenvalue weighted by molar-refractivity contribution is 7.89. The molecule has 3 aromatic rings. The molecule has 1 heterocycles. The predicted molar refractivity (Wildman–Crippen MR) is 115 cm³/mol. The standard InChI is InChI=1S/C22H21N3O4S/c1-29-20-7-2-18(3-8-20)16-24-30(27,28)21-9-5-19(6-10-21)25-22(26)11-4-17-12-14-23-15-13-17/h2-15,24H,16H2,1H3,(H,25,26)/b11-4+. The first kappa shape index (κ1) is 21.2. The number of anilines is 1. The quantitative estimate of drug-likeness (QED) is 0.542. The molecule has 0 aliphatic carbocycles. The van der Waals surface area contributed by atoms with E-state index in [4.69, 9.17) is 4.74 Å². The zero-order chi connectivity index (χ0) is 21.4. The number of ether oxygens (including phenoxy) is 1. The number of hydrogen-bond acceptors (Lipinski definition) is 5. The molecule has 0 aliphatic heterocycles. The van der Waals surface area contributed by atoms with Crippen molar-refractivity contribution in [2.24, 2.45) is 0 Å². The maximum absolute atomic E-state index is 12.5. The summed E-state index contributed by atoms with van der Waals surface area (Å²) in [7, 11) is -2.11. The molecule has 2 aromatic carbocycles. The van der Waals surface area contributed by atoms with Crippen molar-refractivity contribution in [1.82, 2.24) is 9.71 Å². The molecule has 0 spiro atoms. The van der Waals surface area contributed by atoms with Crippen LogP contribution in [0.25, 0.3) is 6.08 Å². The van der Waals surface area contributed by atoms with Gasteiger partial charge in [0.2, 0.25) is 15.9 Å². The lowest BCUT2D eigenvalue weighted by molar-refractivity contribution is -0.111. The molecule has 7 nitrogen and oxygen atoms in total. The van der Waals surface area contributed by atoms with E-state index in [0.29, 0.717) is 11.4 Å². The molecule has 154 valence electrons. The fraction of sp³-hybridized carbons (Fsp3) is 0.0909. The molecule has 0 fully saturated rings. The maximum atomic E-state index is 12.5. The normalized spacial score (nSPS) is 11.4. The number of hydrogen-bond donors (Lipinski definition) is 2. The Balaban J connectivity index is 1.58. The minimum atomic E-state index is -3.68. The van der Waals surface area contributed by atoms with E-state index >= 15 is 0 Å². The predicted octanol–water partition coefficient (Wildman–Crippen LogP) is 3.22. The van der Waals surface area contributed by atoms with Crippen molar-refractivity contribution in [3.8, 4) is 5.75 Å². The lowest BCUT2D eigenvalue weighted by atomic mass is 10.2. The minimum Gasteiger partial charge on any atom is -0.497 e. The lowest BCUT2D eigenvalue weighted by Crippen LogP contribution is -2.23. The SMILES string of the molecule is COc1ccc(CNS(=O)(=O)c2ccc(NC(=O)/C=C/c3ccncc3)cc2)cc1. The number of aromatic nitrogens is 1. The van der Waals surface area contributed by atoms with Gasteiger partial charge in [0.05, 0.1) is 12.0 Å². The summed E-state index contributed by atoms with van der Waals surface area (Å²) in [5.41, 5.74) is 2.15. The zero-order valence-corrected chi connectivity index (χ0v) is 17.1. The monoisotopic (exact) mass is 423 g/mol. The highest BCUT2D eigenvalue weighted by Gasteiger charge is 2.13. The van der Waals surface area contributed by atoms with Crippen molar-refractivity contribution in [2.75, 3.05) is 12.4 Å². The third-order valence-corrected chi connectivity index (χ3v) is 5.61. The highest BCUT2D eigenvalue weighted by Crippen LogP contribution is 2.16. The van der Waals surface area contributed by atoms with Gasteiger partial charge in [0, 0.05) is 30.7 Å². The molecular weight excluding hydrogens is 402 g/mol. The van der Waals surface area contributed by atoms with Crippen LogP contribution in [0.15, 0.2) is 84.0 Å². The largest absolute Gasteiger partial charge is 0.497 e. The molecule has 2 N–H and O–H groups in total. The van der Waals surface area contributed by atoms with Crippen LogP contribution in [0.2, 0.25) is 0 Å². The number of rotatable bonds is 8. The number of methoxy groups -OCH3 is 1. The average Bonchev–Trinajstić information content (AvgIpc) is 2.78. The first-order valence-electron chi connectivity index (χ1n) is 9.08. The molecule has 3 rings (SSSR count). The zero-order valence-electron chi connectivity index (χ0n) is 16.3. The molecule has 0 bridgehead atoms. The van der Waals surface area contributed by atoms with Gasteiger partial charge in [0.15, 0.2) is 0 Å². The van der Waals surface area contributed by atoms with Crippen LogP contribution in [0.5, 0.6) is 5.75 Å². The summed E-state index contributed by atoms with van der Waals surface area (Å²) in [6, 6.07) is 16.6. The number of carbonyl (C=O) groups is 1. The number of nitrogens with one attached hydrogen (secondary N) is 2. The van der Waals surface area contributed by atoms with Gasteiger partial charge in [-0.25, -0.2) is 13.1 Å².